The molecule has 1 aromatic heterocycles. The number of hydrogen-bond donors (Lipinski definition) is 1. The monoisotopic (exact) mass is 470 g/mol. The molecule has 0 amide bonds. The van der Waals surface area contributed by atoms with Gasteiger partial charge in [0.25, 0.3) is 5.56 Å². The third-order valence-corrected chi connectivity index (χ3v) is 6.80. The lowest BCUT2D eigenvalue weighted by Gasteiger charge is -2.34. The lowest BCUT2D eigenvalue weighted by Crippen LogP contribution is -2.45. The molecule has 0 saturated heterocycles. The maximum Gasteiger partial charge on any atom is 0.254 e. The Bertz CT molecular complexity index is 1260. The molecule has 1 aliphatic rings. The fraction of sp³-hybridized carbons (Fsp3) is 0.346. The number of allylic oxidation sites excluding steroid dienone is 5. The standard InChI is InChI=1S/C26H31FN2O3S/c1-5-7-8-10-18(3)20-12-9-11-19(15-20)16-22-24(28-33(4,31)32)14-13-21-23(27)17-29(6-2)26(30)25(21)22/h5,7-12,15,17,22,24,28H,1,6,13-14,16H2,2-4H3/b8-7-,18-10+. The second-order valence-corrected chi connectivity index (χ2v) is 10.3. The van der Waals surface area contributed by atoms with Crippen LogP contribution in [0.15, 0.2) is 66.1 Å². The maximum absolute atomic E-state index is 14.9. The van der Waals surface area contributed by atoms with E-state index in [4.69, 9.17) is 0 Å². The fourth-order valence-corrected chi connectivity index (χ4v) is 5.32. The molecule has 1 aromatic carbocycles. The Morgan fingerprint density at radius 3 is 2.76 bits per heavy atom. The van der Waals surface area contributed by atoms with Crippen molar-refractivity contribution < 1.29 is 12.8 Å². The molecule has 0 aliphatic heterocycles. The van der Waals surface area contributed by atoms with Crippen LogP contribution in [0.3, 0.4) is 0 Å². The van der Waals surface area contributed by atoms with Crippen molar-refractivity contribution in [2.24, 2.45) is 0 Å². The van der Waals surface area contributed by atoms with Crippen LogP contribution in [0, 0.1) is 5.82 Å². The number of rotatable bonds is 8. The van der Waals surface area contributed by atoms with Crippen LogP contribution in [0.25, 0.3) is 5.57 Å². The first-order valence-electron chi connectivity index (χ1n) is 11.1. The van der Waals surface area contributed by atoms with Gasteiger partial charge in [-0.25, -0.2) is 17.5 Å². The summed E-state index contributed by atoms with van der Waals surface area (Å²) in [5.74, 6) is -0.875. The van der Waals surface area contributed by atoms with E-state index in [2.05, 4.69) is 11.3 Å². The molecule has 0 bridgehead atoms. The maximum atomic E-state index is 14.9. The SMILES string of the molecule is C=C/C=C\C=C(/C)c1cccc(CC2c3c(c(F)cn(CC)c3=O)CCC2NS(C)(=O)=O)c1. The Morgan fingerprint density at radius 2 is 2.09 bits per heavy atom. The first kappa shape index (κ1) is 24.9. The molecule has 7 heteroatoms. The highest BCUT2D eigenvalue weighted by Crippen LogP contribution is 2.34. The first-order chi connectivity index (χ1) is 15.6. The smallest absolute Gasteiger partial charge is 0.254 e. The zero-order valence-electron chi connectivity index (χ0n) is 19.3. The molecule has 0 saturated carbocycles. The zero-order chi connectivity index (χ0) is 24.2. The van der Waals surface area contributed by atoms with Gasteiger partial charge in [-0.1, -0.05) is 55.1 Å². The number of sulfonamides is 1. The van der Waals surface area contributed by atoms with E-state index in [1.54, 1.807) is 13.0 Å². The van der Waals surface area contributed by atoms with Gasteiger partial charge in [0.1, 0.15) is 5.82 Å². The van der Waals surface area contributed by atoms with Gasteiger partial charge < -0.3 is 4.57 Å². The third-order valence-electron chi connectivity index (χ3n) is 6.07. The van der Waals surface area contributed by atoms with Gasteiger partial charge in [0.2, 0.25) is 10.0 Å². The second kappa shape index (κ2) is 10.4. The van der Waals surface area contributed by atoms with Gasteiger partial charge in [-0.15, -0.1) is 0 Å². The predicted octanol–water partition coefficient (Wildman–Crippen LogP) is 4.34. The van der Waals surface area contributed by atoms with Crippen LogP contribution in [0.2, 0.25) is 0 Å². The van der Waals surface area contributed by atoms with Crippen LogP contribution in [0.5, 0.6) is 0 Å². The molecule has 33 heavy (non-hydrogen) atoms. The van der Waals surface area contributed by atoms with Crippen LogP contribution in [-0.4, -0.2) is 25.3 Å². The predicted molar refractivity (Wildman–Crippen MR) is 132 cm³/mol. The van der Waals surface area contributed by atoms with Gasteiger partial charge in [0.15, 0.2) is 0 Å². The molecule has 0 radical (unpaired) electrons. The normalized spacial score (nSPS) is 19.0. The molecule has 0 fully saturated rings. The van der Waals surface area contributed by atoms with Gasteiger partial charge in [-0.05, 0) is 55.4 Å². The Kier molecular flexibility index (Phi) is 7.87. The van der Waals surface area contributed by atoms with Crippen LogP contribution >= 0.6 is 0 Å². The average Bonchev–Trinajstić information content (AvgIpc) is 2.76. The quantitative estimate of drug-likeness (QED) is 0.584. The Morgan fingerprint density at radius 1 is 1.33 bits per heavy atom. The lowest BCUT2D eigenvalue weighted by molar-refractivity contribution is 0.411. The van der Waals surface area contributed by atoms with E-state index in [1.807, 2.05) is 49.4 Å². The van der Waals surface area contributed by atoms with Crippen molar-refractivity contribution in [3.63, 3.8) is 0 Å². The van der Waals surface area contributed by atoms with Gasteiger partial charge in [0.05, 0.1) is 6.26 Å². The van der Waals surface area contributed by atoms with E-state index in [0.717, 1.165) is 23.0 Å². The molecular weight excluding hydrogens is 439 g/mol. The number of nitrogens with zero attached hydrogens (tertiary/aromatic N) is 1. The van der Waals surface area contributed by atoms with E-state index in [1.165, 1.54) is 10.8 Å². The lowest BCUT2D eigenvalue weighted by atomic mass is 9.77. The van der Waals surface area contributed by atoms with Crippen molar-refractivity contribution >= 4 is 15.6 Å². The molecule has 2 aromatic rings. The first-order valence-corrected chi connectivity index (χ1v) is 13.0. The van der Waals surface area contributed by atoms with E-state index in [0.29, 0.717) is 36.9 Å². The van der Waals surface area contributed by atoms with Crippen molar-refractivity contribution in [1.29, 1.82) is 0 Å². The molecule has 1 N–H and O–H groups in total. The van der Waals surface area contributed by atoms with Crippen LogP contribution in [-0.2, 0) is 29.4 Å². The molecule has 2 unspecified atom stereocenters. The highest BCUT2D eigenvalue weighted by atomic mass is 32.2. The van der Waals surface area contributed by atoms with Crippen LogP contribution in [0.1, 0.15) is 48.4 Å². The van der Waals surface area contributed by atoms with Crippen molar-refractivity contribution in [3.8, 4) is 0 Å². The Balaban J connectivity index is 2.07. The number of halogens is 1. The minimum absolute atomic E-state index is 0.249. The largest absolute Gasteiger partial charge is 0.313 e. The molecule has 1 aliphatic carbocycles. The highest BCUT2D eigenvalue weighted by Gasteiger charge is 2.35. The minimum Gasteiger partial charge on any atom is -0.313 e. The average molecular weight is 471 g/mol. The van der Waals surface area contributed by atoms with Crippen molar-refractivity contribution in [2.45, 2.75) is 51.6 Å². The van der Waals surface area contributed by atoms with E-state index in [-0.39, 0.29) is 5.56 Å². The number of pyridine rings is 1. The second-order valence-electron chi connectivity index (χ2n) is 8.48. The number of benzene rings is 1. The van der Waals surface area contributed by atoms with Crippen molar-refractivity contribution in [3.05, 3.63) is 99.8 Å². The van der Waals surface area contributed by atoms with Gasteiger partial charge in [0, 0.05) is 30.3 Å². The Labute approximate surface area is 195 Å². The molecule has 2 atom stereocenters. The summed E-state index contributed by atoms with van der Waals surface area (Å²) in [6.07, 6.45) is 11.0. The Hall–Kier alpha value is -2.77. The summed E-state index contributed by atoms with van der Waals surface area (Å²) in [5, 5.41) is 0. The molecule has 176 valence electrons. The summed E-state index contributed by atoms with van der Waals surface area (Å²) in [6.45, 7) is 7.81. The molecule has 1 heterocycles. The zero-order valence-corrected chi connectivity index (χ0v) is 20.2. The van der Waals surface area contributed by atoms with E-state index >= 15 is 0 Å². The molecule has 3 rings (SSSR count). The van der Waals surface area contributed by atoms with Gasteiger partial charge >= 0.3 is 0 Å². The highest BCUT2D eigenvalue weighted by molar-refractivity contribution is 7.88. The van der Waals surface area contributed by atoms with E-state index in [9.17, 15) is 17.6 Å². The summed E-state index contributed by atoms with van der Waals surface area (Å²) in [7, 11) is -3.50. The van der Waals surface area contributed by atoms with Crippen LogP contribution < -0.4 is 10.3 Å². The van der Waals surface area contributed by atoms with Crippen molar-refractivity contribution in [1.82, 2.24) is 9.29 Å². The number of hydrogen-bond acceptors (Lipinski definition) is 3. The number of fused-ring (bicyclic) bond motifs is 1. The molecule has 5 nitrogen and oxygen atoms in total. The number of aromatic nitrogens is 1. The fourth-order valence-electron chi connectivity index (χ4n) is 4.49. The number of aryl methyl sites for hydroxylation is 1. The summed E-state index contributed by atoms with van der Waals surface area (Å²) in [5.41, 5.74) is 3.58. The molecular formula is C26H31FN2O3S. The number of nitrogens with one attached hydrogen (secondary N) is 1. The summed E-state index contributed by atoms with van der Waals surface area (Å²) >= 11 is 0. The minimum atomic E-state index is -3.50. The van der Waals surface area contributed by atoms with Crippen LogP contribution in [0.4, 0.5) is 4.39 Å². The van der Waals surface area contributed by atoms with Gasteiger partial charge in [-0.2, -0.15) is 0 Å². The summed E-state index contributed by atoms with van der Waals surface area (Å²) in [4.78, 5) is 13.2. The van der Waals surface area contributed by atoms with Gasteiger partial charge in [-0.3, -0.25) is 4.79 Å². The van der Waals surface area contributed by atoms with Crippen molar-refractivity contribution in [2.75, 3.05) is 6.26 Å². The topological polar surface area (TPSA) is 68.2 Å². The molecule has 0 spiro atoms. The summed E-state index contributed by atoms with van der Waals surface area (Å²) in [6, 6.07) is 7.46. The summed E-state index contributed by atoms with van der Waals surface area (Å²) < 4.78 is 43.1. The third kappa shape index (κ3) is 5.97. The van der Waals surface area contributed by atoms with E-state index < -0.39 is 27.8 Å².